The van der Waals surface area contributed by atoms with Gasteiger partial charge in [0.05, 0.1) is 47.4 Å². The van der Waals surface area contributed by atoms with Gasteiger partial charge in [-0.05, 0) is 31.4 Å². The molecule has 5 aromatic heterocycles. The second-order valence-corrected chi connectivity index (χ2v) is 13.3. The highest BCUT2D eigenvalue weighted by Crippen LogP contribution is 2.33. The number of carbonyl (C=O) groups is 3. The van der Waals surface area contributed by atoms with Gasteiger partial charge in [0, 0.05) is 56.5 Å². The molecule has 0 unspecified atom stereocenters. The third-order valence-corrected chi connectivity index (χ3v) is 9.69. The number of ketones is 1. The van der Waals surface area contributed by atoms with E-state index in [9.17, 15) is 23.9 Å². The summed E-state index contributed by atoms with van der Waals surface area (Å²) in [5.74, 6) is -1.00. The summed E-state index contributed by atoms with van der Waals surface area (Å²) >= 11 is 0. The lowest BCUT2D eigenvalue weighted by Gasteiger charge is -2.34. The molecule has 1 aliphatic heterocycles. The lowest BCUT2D eigenvalue weighted by molar-refractivity contribution is -0.127. The van der Waals surface area contributed by atoms with E-state index >= 15 is 0 Å². The van der Waals surface area contributed by atoms with Crippen LogP contribution >= 0.6 is 0 Å². The van der Waals surface area contributed by atoms with Crippen LogP contribution in [0.25, 0.3) is 27.9 Å². The molecule has 2 fully saturated rings. The maximum Gasteiger partial charge on any atom is 0.295 e. The average molecular weight is 734 g/mol. The van der Waals surface area contributed by atoms with Crippen LogP contribution in [0.15, 0.2) is 73.6 Å². The van der Waals surface area contributed by atoms with Crippen LogP contribution in [0, 0.1) is 11.7 Å². The topological polar surface area (TPSA) is 219 Å². The van der Waals surface area contributed by atoms with Gasteiger partial charge < -0.3 is 35.5 Å². The van der Waals surface area contributed by atoms with Crippen molar-refractivity contribution < 1.29 is 23.9 Å². The molecule has 0 bridgehead atoms. The van der Waals surface area contributed by atoms with Crippen molar-refractivity contribution in [3.8, 4) is 5.82 Å². The molecule has 5 N–H and O–H groups in total. The number of benzene rings is 1. The van der Waals surface area contributed by atoms with Crippen molar-refractivity contribution in [2.75, 3.05) is 43.8 Å². The van der Waals surface area contributed by atoms with E-state index in [0.29, 0.717) is 24.7 Å². The number of piperazine rings is 1. The smallest absolute Gasteiger partial charge is 0.295 e. The predicted molar refractivity (Wildman–Crippen MR) is 194 cm³/mol. The summed E-state index contributed by atoms with van der Waals surface area (Å²) in [4.78, 5) is 61.5. The highest BCUT2D eigenvalue weighted by atomic mass is 19.1. The van der Waals surface area contributed by atoms with Crippen LogP contribution in [0.1, 0.15) is 46.0 Å². The number of H-pyrrole nitrogens is 1. The monoisotopic (exact) mass is 733 g/mol. The van der Waals surface area contributed by atoms with Crippen LogP contribution in [0.4, 0.5) is 16.2 Å². The third kappa shape index (κ3) is 6.73. The molecular weight excluding hydrogens is 697 g/mol. The molecular formula is C36H36FN13O4. The average Bonchev–Trinajstić information content (AvgIpc) is 3.68. The van der Waals surface area contributed by atoms with Crippen LogP contribution in [0.3, 0.4) is 0 Å². The van der Waals surface area contributed by atoms with E-state index in [1.807, 2.05) is 16.7 Å². The SMILES string of the molecule is Nc1nc(NC2CC2)c2ncn([C@H]3C=C[C@@H](CO)C3)c2n1.O=C(C(=O)N1CCN(C(=O)c2ccccc2)CC1)c1c[nH]c2c(-n3ccnn3)ncc(F)c12. The van der Waals surface area contributed by atoms with Crippen LogP contribution < -0.4 is 11.1 Å². The Hall–Kier alpha value is -6.56. The second kappa shape index (κ2) is 14.5. The van der Waals surface area contributed by atoms with Gasteiger partial charge in [-0.3, -0.25) is 14.4 Å². The molecule has 1 saturated carbocycles. The molecule has 54 heavy (non-hydrogen) atoms. The van der Waals surface area contributed by atoms with E-state index in [0.717, 1.165) is 42.4 Å². The van der Waals surface area contributed by atoms with Crippen LogP contribution in [-0.2, 0) is 4.79 Å². The van der Waals surface area contributed by atoms with Gasteiger partial charge in [0.25, 0.3) is 17.6 Å². The molecule has 17 nitrogen and oxygen atoms in total. The number of nitrogens with one attached hydrogen (secondary N) is 2. The minimum absolute atomic E-state index is 0.0354. The largest absolute Gasteiger partial charge is 0.396 e. The van der Waals surface area contributed by atoms with Crippen molar-refractivity contribution in [2.24, 2.45) is 5.92 Å². The van der Waals surface area contributed by atoms with Gasteiger partial charge >= 0.3 is 0 Å². The number of hydrogen-bond donors (Lipinski definition) is 4. The fourth-order valence-corrected chi connectivity index (χ4v) is 6.70. The van der Waals surface area contributed by atoms with Crippen molar-refractivity contribution in [3.05, 3.63) is 90.5 Å². The van der Waals surface area contributed by atoms with Crippen LogP contribution in [-0.4, -0.2) is 116 Å². The summed E-state index contributed by atoms with van der Waals surface area (Å²) in [7, 11) is 0. The number of aromatic nitrogens is 9. The Morgan fingerprint density at radius 1 is 1.02 bits per heavy atom. The minimum Gasteiger partial charge on any atom is -0.396 e. The molecule has 276 valence electrons. The van der Waals surface area contributed by atoms with E-state index in [4.69, 9.17) is 5.73 Å². The first-order valence-electron chi connectivity index (χ1n) is 17.5. The van der Waals surface area contributed by atoms with Crippen molar-refractivity contribution >= 4 is 51.4 Å². The number of Topliss-reactive ketones (excluding diaryl/α,β-unsaturated/α-hetero) is 1. The fourth-order valence-electron chi connectivity index (χ4n) is 6.70. The number of nitrogen functional groups attached to an aromatic ring is 1. The maximum atomic E-state index is 14.6. The van der Waals surface area contributed by atoms with Gasteiger partial charge in [0.15, 0.2) is 28.6 Å². The first-order chi connectivity index (χ1) is 26.3. The fraction of sp³-hybridized carbons (Fsp3) is 0.306. The third-order valence-electron chi connectivity index (χ3n) is 9.69. The number of nitrogens with two attached hydrogens (primary N) is 1. The van der Waals surface area contributed by atoms with Crippen molar-refractivity contribution in [1.82, 2.24) is 54.3 Å². The number of rotatable bonds is 8. The Morgan fingerprint density at radius 3 is 2.50 bits per heavy atom. The summed E-state index contributed by atoms with van der Waals surface area (Å²) in [6.07, 6.45) is 14.3. The number of allylic oxidation sites excluding steroid dienone is 1. The number of hydrogen-bond acceptors (Lipinski definition) is 12. The molecule has 0 radical (unpaired) electrons. The zero-order valence-corrected chi connectivity index (χ0v) is 28.9. The summed E-state index contributed by atoms with van der Waals surface area (Å²) < 4.78 is 18.0. The summed E-state index contributed by atoms with van der Waals surface area (Å²) in [5.41, 5.74) is 8.07. The molecule has 6 heterocycles. The number of fused-ring (bicyclic) bond motifs is 2. The first kappa shape index (κ1) is 34.5. The molecule has 2 aliphatic carbocycles. The number of anilines is 2. The predicted octanol–water partition coefficient (Wildman–Crippen LogP) is 2.54. The standard InChI is InChI=1S/C22H18FN7O3.C14H18N6O/c23-16-13-25-20(30-7-6-26-27-30)18-17(16)15(12-24-18)19(31)22(33)29-10-8-28(9-11-29)21(32)14-4-2-1-3-5-14;15-14-18-12(17-9-2-3-9)11-13(19-14)20(7-16-11)10-4-1-8(5-10)6-21/h1-7,12-13,24H,8-11H2;1,4,7-10,21H,2-3,5-6H2,(H3,15,17,18,19)/t;8-,10+/m.1/s1. The number of imidazole rings is 1. The molecule has 1 saturated heterocycles. The van der Waals surface area contributed by atoms with E-state index in [1.165, 1.54) is 28.2 Å². The van der Waals surface area contributed by atoms with Gasteiger partial charge in [-0.1, -0.05) is 35.6 Å². The summed E-state index contributed by atoms with van der Waals surface area (Å²) in [6, 6.07) is 9.52. The van der Waals surface area contributed by atoms with Crippen LogP contribution in [0.2, 0.25) is 0 Å². The molecule has 1 aromatic carbocycles. The molecule has 9 rings (SSSR count). The number of nitrogens with zero attached hydrogens (tertiary/aromatic N) is 10. The van der Waals surface area contributed by atoms with E-state index in [1.54, 1.807) is 35.5 Å². The first-order valence-corrected chi connectivity index (χ1v) is 17.5. The molecule has 3 aliphatic rings. The second-order valence-electron chi connectivity index (χ2n) is 13.3. The maximum absolute atomic E-state index is 14.6. The van der Waals surface area contributed by atoms with Gasteiger partial charge in [-0.2, -0.15) is 9.97 Å². The molecule has 0 spiro atoms. The number of carbonyl (C=O) groups excluding carboxylic acids is 3. The van der Waals surface area contributed by atoms with Gasteiger partial charge in [0.2, 0.25) is 5.95 Å². The molecule has 6 aromatic rings. The number of aromatic amines is 1. The molecule has 18 heteroatoms. The normalized spacial score (nSPS) is 18.2. The highest BCUT2D eigenvalue weighted by Gasteiger charge is 2.32. The summed E-state index contributed by atoms with van der Waals surface area (Å²) in [5, 5.41) is 20.1. The number of amides is 2. The Morgan fingerprint density at radius 2 is 1.80 bits per heavy atom. The minimum atomic E-state index is -0.835. The van der Waals surface area contributed by atoms with E-state index in [-0.39, 0.29) is 65.8 Å². The van der Waals surface area contributed by atoms with Gasteiger partial charge in [0.1, 0.15) is 0 Å². The Bertz CT molecular complexity index is 2360. The Labute approximate surface area is 306 Å². The zero-order chi connectivity index (χ0) is 37.3. The van der Waals surface area contributed by atoms with E-state index < -0.39 is 17.5 Å². The zero-order valence-electron chi connectivity index (χ0n) is 28.9. The summed E-state index contributed by atoms with van der Waals surface area (Å²) in [6.45, 7) is 1.19. The quantitative estimate of drug-likeness (QED) is 0.101. The van der Waals surface area contributed by atoms with Gasteiger partial charge in [-0.15, -0.1) is 5.10 Å². The molecule has 2 amide bonds. The van der Waals surface area contributed by atoms with Crippen molar-refractivity contribution in [1.29, 1.82) is 0 Å². The highest BCUT2D eigenvalue weighted by molar-refractivity contribution is 6.45. The number of aliphatic hydroxyl groups is 1. The number of aliphatic hydroxyl groups excluding tert-OH is 1. The van der Waals surface area contributed by atoms with E-state index in [2.05, 4.69) is 46.6 Å². The van der Waals surface area contributed by atoms with Crippen LogP contribution in [0.5, 0.6) is 0 Å². The van der Waals surface area contributed by atoms with Gasteiger partial charge in [-0.25, -0.2) is 19.0 Å². The number of pyridine rings is 1. The van der Waals surface area contributed by atoms with Crippen molar-refractivity contribution in [2.45, 2.75) is 31.3 Å². The lowest BCUT2D eigenvalue weighted by atomic mass is 10.1. The van der Waals surface area contributed by atoms with Crippen molar-refractivity contribution in [3.63, 3.8) is 0 Å². The lowest BCUT2D eigenvalue weighted by Crippen LogP contribution is -2.52. The molecule has 2 atom stereocenters. The number of halogens is 1. The Balaban J connectivity index is 0.000000169. The Kier molecular flexibility index (Phi) is 9.24.